The van der Waals surface area contributed by atoms with Gasteiger partial charge in [-0.15, -0.1) is 0 Å². The maximum atomic E-state index is 13.5. The number of benzene rings is 2. The van der Waals surface area contributed by atoms with Gasteiger partial charge in [-0.05, 0) is 90.8 Å². The van der Waals surface area contributed by atoms with Crippen molar-refractivity contribution < 1.29 is 53.1 Å². The van der Waals surface area contributed by atoms with Crippen LogP contribution in [0, 0.1) is 28.6 Å². The van der Waals surface area contributed by atoms with Gasteiger partial charge in [0.1, 0.15) is 25.4 Å². The highest BCUT2D eigenvalue weighted by molar-refractivity contribution is 6.01. The third-order valence-electron chi connectivity index (χ3n) is 13.5. The molecule has 8 atom stereocenters. The fourth-order valence-corrected chi connectivity index (χ4v) is 10.4. The van der Waals surface area contributed by atoms with E-state index in [-0.39, 0.29) is 75.3 Å². The number of Topliss-reactive ketones (excluding diaryl/α,β-unsaturated/α-hetero) is 1. The number of allylic oxidation sites excluding steroid dienone is 4. The third-order valence-corrected chi connectivity index (χ3v) is 13.5. The van der Waals surface area contributed by atoms with Crippen molar-refractivity contribution in [1.29, 1.82) is 0 Å². The number of hydrogen-bond donors (Lipinski definition) is 4. The Balaban J connectivity index is 0.783. The summed E-state index contributed by atoms with van der Waals surface area (Å²) in [6.45, 7) is 2.54. The van der Waals surface area contributed by atoms with E-state index in [0.717, 1.165) is 34.8 Å². The molecule has 318 valence electrons. The summed E-state index contributed by atoms with van der Waals surface area (Å²) in [4.78, 5) is 67.5. The summed E-state index contributed by atoms with van der Waals surface area (Å²) in [5.41, 5.74) is 5.94. The molecule has 0 spiro atoms. The number of aliphatic hydroxyl groups is 2. The number of amides is 1. The number of rotatable bonds is 16. The zero-order valence-corrected chi connectivity index (χ0v) is 34.0. The van der Waals surface area contributed by atoms with Crippen molar-refractivity contribution in [2.45, 2.75) is 70.2 Å². The van der Waals surface area contributed by atoms with E-state index < -0.39 is 59.4 Å². The Hall–Kier alpha value is -5.12. The first-order chi connectivity index (χ1) is 28.8. The second kappa shape index (κ2) is 17.8. The average Bonchev–Trinajstić information content (AvgIpc) is 3.51. The van der Waals surface area contributed by atoms with Gasteiger partial charge in [-0.3, -0.25) is 19.4 Å². The molecular formula is C46H53N3O11. The molecule has 7 rings (SSSR count). The lowest BCUT2D eigenvalue weighted by Gasteiger charge is -2.59. The number of nitrogens with one attached hydrogen (secondary N) is 1. The Labute approximate surface area is 348 Å². The number of pyridine rings is 1. The van der Waals surface area contributed by atoms with Gasteiger partial charge in [0, 0.05) is 46.8 Å². The van der Waals surface area contributed by atoms with E-state index in [1.54, 1.807) is 48.8 Å². The molecule has 4 aliphatic rings. The van der Waals surface area contributed by atoms with Gasteiger partial charge >= 0.3 is 11.9 Å². The summed E-state index contributed by atoms with van der Waals surface area (Å²) >= 11 is 0. The second-order valence-corrected chi connectivity index (χ2v) is 16.9. The van der Waals surface area contributed by atoms with E-state index >= 15 is 0 Å². The molecule has 1 amide bonds. The number of fused-ring (bicyclic) bond motifs is 6. The van der Waals surface area contributed by atoms with Crippen LogP contribution in [-0.2, 0) is 49.5 Å². The van der Waals surface area contributed by atoms with Crippen LogP contribution < -0.4 is 11.1 Å². The molecule has 0 aliphatic heterocycles. The molecular weight excluding hydrogens is 771 g/mol. The van der Waals surface area contributed by atoms with Crippen LogP contribution in [0.15, 0.2) is 84.7 Å². The topological polar surface area (TPSA) is 214 Å². The molecule has 0 unspecified atom stereocenters. The van der Waals surface area contributed by atoms with Crippen LogP contribution in [0.4, 0.5) is 5.69 Å². The zero-order chi connectivity index (χ0) is 42.7. The molecule has 0 saturated heterocycles. The molecule has 14 nitrogen and oxygen atoms in total. The van der Waals surface area contributed by atoms with Gasteiger partial charge < -0.3 is 40.2 Å². The third kappa shape index (κ3) is 8.57. The Kier molecular flexibility index (Phi) is 12.8. The normalized spacial score (nSPS) is 28.5. The van der Waals surface area contributed by atoms with Gasteiger partial charge in [-0.1, -0.05) is 55.8 Å². The lowest BCUT2D eigenvalue weighted by atomic mass is 9.46. The number of hydrogen-bond acceptors (Lipinski definition) is 13. The van der Waals surface area contributed by atoms with E-state index in [2.05, 4.69) is 17.2 Å². The van der Waals surface area contributed by atoms with Gasteiger partial charge in [-0.2, -0.15) is 0 Å². The number of ketones is 2. The first-order valence-electron chi connectivity index (χ1n) is 20.5. The maximum absolute atomic E-state index is 13.5. The summed E-state index contributed by atoms with van der Waals surface area (Å²) < 4.78 is 21.1. The highest BCUT2D eigenvalue weighted by atomic mass is 16.6. The molecule has 3 aromatic rings. The molecule has 1 aromatic heterocycles. The van der Waals surface area contributed by atoms with Gasteiger partial charge in [0.15, 0.2) is 12.4 Å². The monoisotopic (exact) mass is 823 g/mol. The molecule has 14 heteroatoms. The minimum atomic E-state index is -1.77. The molecule has 3 fully saturated rings. The summed E-state index contributed by atoms with van der Waals surface area (Å²) in [6.07, 6.45) is 10.3. The lowest BCUT2D eigenvalue weighted by molar-refractivity contribution is -0.181. The van der Waals surface area contributed by atoms with E-state index in [1.807, 2.05) is 37.3 Å². The van der Waals surface area contributed by atoms with Crippen molar-refractivity contribution >= 4 is 45.9 Å². The number of aliphatic hydroxyl groups excluding tert-OH is 1. The summed E-state index contributed by atoms with van der Waals surface area (Å²) in [5, 5.41) is 28.3. The molecule has 2 aromatic carbocycles. The predicted octanol–water partition coefficient (Wildman–Crippen LogP) is 4.11. The highest BCUT2D eigenvalue weighted by Crippen LogP contribution is 2.67. The Morgan fingerprint density at radius 3 is 2.42 bits per heavy atom. The molecule has 0 radical (unpaired) electrons. The Morgan fingerprint density at radius 2 is 1.68 bits per heavy atom. The molecule has 60 heavy (non-hydrogen) atoms. The van der Waals surface area contributed by atoms with Crippen LogP contribution in [-0.4, -0.2) is 95.9 Å². The largest absolute Gasteiger partial charge is 0.459 e. The quantitative estimate of drug-likeness (QED) is 0.118. The fourth-order valence-electron chi connectivity index (χ4n) is 10.4. The van der Waals surface area contributed by atoms with E-state index in [4.69, 9.17) is 24.7 Å². The van der Waals surface area contributed by atoms with Crippen LogP contribution in [0.5, 0.6) is 0 Å². The van der Waals surface area contributed by atoms with Crippen LogP contribution in [0.3, 0.4) is 0 Å². The molecule has 1 heterocycles. The highest BCUT2D eigenvalue weighted by Gasteiger charge is 2.68. The predicted molar refractivity (Wildman–Crippen MR) is 219 cm³/mol. The van der Waals surface area contributed by atoms with E-state index in [9.17, 15) is 34.2 Å². The van der Waals surface area contributed by atoms with E-state index in [0.29, 0.717) is 17.7 Å². The molecule has 0 bridgehead atoms. The summed E-state index contributed by atoms with van der Waals surface area (Å²) in [7, 11) is 0. The van der Waals surface area contributed by atoms with Crippen LogP contribution in [0.1, 0.15) is 63.0 Å². The fraction of sp³-hybridized carbons (Fsp3) is 0.478. The van der Waals surface area contributed by atoms with Crippen molar-refractivity contribution in [1.82, 2.24) is 4.98 Å². The van der Waals surface area contributed by atoms with Gasteiger partial charge in [0.25, 0.3) is 0 Å². The summed E-state index contributed by atoms with van der Waals surface area (Å²) in [5.74, 6) is -2.98. The minimum absolute atomic E-state index is 0.00969. The average molecular weight is 824 g/mol. The van der Waals surface area contributed by atoms with Crippen molar-refractivity contribution in [3.63, 3.8) is 0 Å². The first-order valence-corrected chi connectivity index (χ1v) is 20.5. The standard InChI is InChI=1S/C46H53N3O11/c1-44-14-11-34(50)20-32(44)8-10-35-37-12-15-46(56,45(37,2)21-38(51)42(35)44)39(52)25-60-41(54)27-58-18-17-57-26-40(53)59-24-28-3-5-29(6-4-28)36(22-47)43(55)49-33-9-7-31-23-48-16-13-30(31)19-33/h3-7,9,11,13-14,16,19-20,23,35-38,42,51,56H,8,10,12,15,17-18,21-22,24-27,47H2,1-2H3,(H,49,55)/t35-,36+,37-,38-,42+,44-,45-,46-/m0/s1. The van der Waals surface area contributed by atoms with Crippen molar-refractivity contribution in [3.8, 4) is 0 Å². The Bertz CT molecular complexity index is 2190. The van der Waals surface area contributed by atoms with Crippen LogP contribution in [0.25, 0.3) is 10.8 Å². The number of nitrogens with zero attached hydrogens (tertiary/aromatic N) is 1. The minimum Gasteiger partial charge on any atom is -0.459 e. The van der Waals surface area contributed by atoms with Crippen molar-refractivity contribution in [2.75, 3.05) is 44.9 Å². The van der Waals surface area contributed by atoms with Crippen LogP contribution >= 0.6 is 0 Å². The number of esters is 2. The molecule has 5 N–H and O–H groups in total. The smallest absolute Gasteiger partial charge is 0.332 e. The summed E-state index contributed by atoms with van der Waals surface area (Å²) in [6, 6.07) is 14.5. The second-order valence-electron chi connectivity index (χ2n) is 16.9. The number of carbonyl (C=O) groups excluding carboxylic acids is 5. The molecule has 3 saturated carbocycles. The van der Waals surface area contributed by atoms with Crippen molar-refractivity contribution in [3.05, 3.63) is 95.9 Å². The first kappa shape index (κ1) is 43.0. The van der Waals surface area contributed by atoms with Gasteiger partial charge in [0.2, 0.25) is 11.7 Å². The van der Waals surface area contributed by atoms with Gasteiger partial charge in [0.05, 0.1) is 25.2 Å². The SMILES string of the molecule is C[C@]12C=CC(=O)C=C1CC[C@@H]1[C@@H]2[C@@H](O)C[C@@]2(C)[C@H]1CC[C@]2(O)C(=O)COC(=O)COCCOCC(=O)OCc1ccc([C@@H](CN)C(=O)Nc2ccc3cnccc3c2)cc1. The Morgan fingerprint density at radius 1 is 0.950 bits per heavy atom. The van der Waals surface area contributed by atoms with Crippen LogP contribution in [0.2, 0.25) is 0 Å². The number of aromatic nitrogens is 1. The zero-order valence-electron chi connectivity index (χ0n) is 34.0. The number of nitrogens with two attached hydrogens (primary N) is 1. The number of ether oxygens (including phenoxy) is 4. The van der Waals surface area contributed by atoms with E-state index in [1.165, 1.54) is 0 Å². The molecule has 4 aliphatic carbocycles. The maximum Gasteiger partial charge on any atom is 0.332 e. The van der Waals surface area contributed by atoms with Crippen molar-refractivity contribution in [2.24, 2.45) is 34.3 Å². The number of carbonyl (C=O) groups is 5. The van der Waals surface area contributed by atoms with Gasteiger partial charge in [-0.25, -0.2) is 9.59 Å². The lowest BCUT2D eigenvalue weighted by Crippen LogP contribution is -2.61. The number of anilines is 1.